The van der Waals surface area contributed by atoms with Gasteiger partial charge in [-0.3, -0.25) is 0 Å². The second-order valence-corrected chi connectivity index (χ2v) is 6.94. The number of nitrogens with one attached hydrogen (secondary N) is 3. The zero-order valence-electron chi connectivity index (χ0n) is 16.8. The minimum absolute atomic E-state index is 0.288. The molecule has 0 bridgehead atoms. The highest BCUT2D eigenvalue weighted by atomic mass is 16.5. The van der Waals surface area contributed by atoms with Gasteiger partial charge in [-0.1, -0.05) is 18.2 Å². The number of carbonyl (C=O) groups is 1. The van der Waals surface area contributed by atoms with Crippen LogP contribution in [-0.4, -0.2) is 42.3 Å². The Morgan fingerprint density at radius 3 is 2.23 bits per heavy atom. The molecule has 0 spiro atoms. The van der Waals surface area contributed by atoms with Gasteiger partial charge < -0.3 is 25.6 Å². The van der Waals surface area contributed by atoms with E-state index in [1.165, 1.54) is 0 Å². The van der Waals surface area contributed by atoms with Crippen LogP contribution in [0.15, 0.2) is 60.7 Å². The van der Waals surface area contributed by atoms with Gasteiger partial charge in [-0.25, -0.2) is 9.78 Å². The highest BCUT2D eigenvalue weighted by Crippen LogP contribution is 2.21. The summed E-state index contributed by atoms with van der Waals surface area (Å²) >= 11 is 0. The van der Waals surface area contributed by atoms with Crippen molar-refractivity contribution >= 4 is 34.9 Å². The number of carbonyl (C=O) groups excluding carboxylic acids is 1. The molecule has 2 heterocycles. The third-order valence-corrected chi connectivity index (χ3v) is 4.58. The fourth-order valence-electron chi connectivity index (χ4n) is 3.12. The predicted octanol–water partition coefficient (Wildman–Crippen LogP) is 4.01. The van der Waals surface area contributed by atoms with E-state index in [0.717, 1.165) is 36.0 Å². The van der Waals surface area contributed by atoms with Crippen LogP contribution in [0.4, 0.5) is 33.6 Å². The summed E-state index contributed by atoms with van der Waals surface area (Å²) in [6.07, 6.45) is 0. The van der Waals surface area contributed by atoms with E-state index >= 15 is 0 Å². The number of urea groups is 1. The topological polar surface area (TPSA) is 91.4 Å². The van der Waals surface area contributed by atoms with Gasteiger partial charge in [0.1, 0.15) is 5.82 Å². The van der Waals surface area contributed by atoms with Gasteiger partial charge in [-0.2, -0.15) is 4.98 Å². The third-order valence-electron chi connectivity index (χ3n) is 4.58. The van der Waals surface area contributed by atoms with Crippen LogP contribution >= 0.6 is 0 Å². The number of morpholine rings is 1. The van der Waals surface area contributed by atoms with Crippen molar-refractivity contribution in [3.8, 4) is 0 Å². The molecule has 2 aromatic carbocycles. The zero-order chi connectivity index (χ0) is 20.8. The lowest BCUT2D eigenvalue weighted by atomic mass is 10.2. The van der Waals surface area contributed by atoms with Crippen molar-refractivity contribution in [2.75, 3.05) is 47.2 Å². The molecule has 1 aliphatic heterocycles. The van der Waals surface area contributed by atoms with Gasteiger partial charge in [0.15, 0.2) is 0 Å². The fourth-order valence-corrected chi connectivity index (χ4v) is 3.12. The van der Waals surface area contributed by atoms with Gasteiger partial charge in [-0.15, -0.1) is 0 Å². The lowest BCUT2D eigenvalue weighted by Crippen LogP contribution is -2.37. The number of nitrogens with zero attached hydrogens (tertiary/aromatic N) is 3. The Morgan fingerprint density at radius 2 is 1.53 bits per heavy atom. The first-order valence-corrected chi connectivity index (χ1v) is 9.84. The van der Waals surface area contributed by atoms with Gasteiger partial charge >= 0.3 is 6.03 Å². The number of benzene rings is 2. The van der Waals surface area contributed by atoms with Gasteiger partial charge in [0, 0.05) is 41.9 Å². The van der Waals surface area contributed by atoms with Crippen LogP contribution in [0.25, 0.3) is 0 Å². The van der Waals surface area contributed by atoms with Gasteiger partial charge in [-0.05, 0) is 43.3 Å². The average molecular weight is 404 g/mol. The standard InChI is InChI=1S/C22H24N6O2/c1-16-15-20(27-21(23-16)28-11-13-30-14-12-28)24-18-7-9-19(10-8-18)26-22(29)25-17-5-3-2-4-6-17/h2-10,15H,11-14H2,1H3,(H,23,24,27)(H2,25,26,29). The van der Waals surface area contributed by atoms with E-state index in [2.05, 4.69) is 30.8 Å². The van der Waals surface area contributed by atoms with E-state index in [4.69, 9.17) is 4.74 Å². The largest absolute Gasteiger partial charge is 0.378 e. The quantitative estimate of drug-likeness (QED) is 0.595. The number of amides is 2. The first-order chi connectivity index (χ1) is 14.7. The number of hydrogen-bond donors (Lipinski definition) is 3. The van der Waals surface area contributed by atoms with Crippen molar-refractivity contribution in [3.05, 3.63) is 66.4 Å². The molecule has 2 amide bonds. The smallest absolute Gasteiger partial charge is 0.323 e. The molecule has 3 N–H and O–H groups in total. The number of aromatic nitrogens is 2. The molecule has 0 unspecified atom stereocenters. The number of rotatable bonds is 5. The van der Waals surface area contributed by atoms with E-state index < -0.39 is 0 Å². The van der Waals surface area contributed by atoms with Gasteiger partial charge in [0.2, 0.25) is 5.95 Å². The highest BCUT2D eigenvalue weighted by Gasteiger charge is 2.15. The van der Waals surface area contributed by atoms with Gasteiger partial charge in [0.25, 0.3) is 0 Å². The average Bonchev–Trinajstić information content (AvgIpc) is 2.76. The van der Waals surface area contributed by atoms with Crippen LogP contribution in [-0.2, 0) is 4.74 Å². The number of aryl methyl sites for hydroxylation is 1. The predicted molar refractivity (Wildman–Crippen MR) is 119 cm³/mol. The zero-order valence-corrected chi connectivity index (χ0v) is 16.8. The minimum atomic E-state index is -0.288. The molecule has 0 saturated carbocycles. The third kappa shape index (κ3) is 5.24. The first-order valence-electron chi connectivity index (χ1n) is 9.84. The Kier molecular flexibility index (Phi) is 6.05. The molecular formula is C22H24N6O2. The summed E-state index contributed by atoms with van der Waals surface area (Å²) in [4.78, 5) is 23.4. The molecule has 4 rings (SSSR count). The molecule has 8 nitrogen and oxygen atoms in total. The molecular weight excluding hydrogens is 380 g/mol. The minimum Gasteiger partial charge on any atom is -0.378 e. The number of hydrogen-bond acceptors (Lipinski definition) is 6. The summed E-state index contributed by atoms with van der Waals surface area (Å²) in [7, 11) is 0. The summed E-state index contributed by atoms with van der Waals surface area (Å²) in [6.45, 7) is 4.90. The molecule has 1 aliphatic rings. The lowest BCUT2D eigenvalue weighted by molar-refractivity contribution is 0.122. The molecule has 1 aromatic heterocycles. The normalized spacial score (nSPS) is 13.6. The first kappa shape index (κ1) is 19.7. The van der Waals surface area contributed by atoms with Crippen LogP contribution < -0.4 is 20.9 Å². The molecule has 0 atom stereocenters. The maximum absolute atomic E-state index is 12.1. The summed E-state index contributed by atoms with van der Waals surface area (Å²) in [5, 5.41) is 8.92. The second kappa shape index (κ2) is 9.23. The number of ether oxygens (including phenoxy) is 1. The SMILES string of the molecule is Cc1cc(Nc2ccc(NC(=O)Nc3ccccc3)cc2)nc(N2CCOCC2)n1. The number of para-hydroxylation sites is 1. The molecule has 30 heavy (non-hydrogen) atoms. The van der Waals surface area contributed by atoms with Crippen LogP contribution in [0, 0.1) is 6.92 Å². The summed E-state index contributed by atoms with van der Waals surface area (Å²) in [5.74, 6) is 1.43. The van der Waals surface area contributed by atoms with Crippen molar-refractivity contribution < 1.29 is 9.53 Å². The van der Waals surface area contributed by atoms with E-state index in [9.17, 15) is 4.79 Å². The van der Waals surface area contributed by atoms with Crippen LogP contribution in [0.2, 0.25) is 0 Å². The highest BCUT2D eigenvalue weighted by molar-refractivity contribution is 5.99. The Hall–Kier alpha value is -3.65. The van der Waals surface area contributed by atoms with E-state index in [1.54, 1.807) is 0 Å². The summed E-state index contributed by atoms with van der Waals surface area (Å²) in [6, 6.07) is 18.4. The molecule has 0 radical (unpaired) electrons. The molecule has 0 aliphatic carbocycles. The monoisotopic (exact) mass is 404 g/mol. The fraction of sp³-hybridized carbons (Fsp3) is 0.227. The molecule has 3 aromatic rings. The molecule has 154 valence electrons. The van der Waals surface area contributed by atoms with Gasteiger partial charge in [0.05, 0.1) is 13.2 Å². The van der Waals surface area contributed by atoms with Crippen molar-refractivity contribution in [1.29, 1.82) is 0 Å². The Morgan fingerprint density at radius 1 is 0.900 bits per heavy atom. The van der Waals surface area contributed by atoms with Crippen molar-refractivity contribution in [2.45, 2.75) is 6.92 Å². The Labute approximate surface area is 175 Å². The van der Waals surface area contributed by atoms with Crippen molar-refractivity contribution in [1.82, 2.24) is 9.97 Å². The van der Waals surface area contributed by atoms with E-state index in [-0.39, 0.29) is 6.03 Å². The maximum atomic E-state index is 12.1. The maximum Gasteiger partial charge on any atom is 0.323 e. The van der Waals surface area contributed by atoms with Crippen LogP contribution in [0.1, 0.15) is 5.69 Å². The Bertz CT molecular complexity index is 988. The molecule has 1 fully saturated rings. The van der Waals surface area contributed by atoms with Crippen LogP contribution in [0.5, 0.6) is 0 Å². The summed E-state index contributed by atoms with van der Waals surface area (Å²) < 4.78 is 5.40. The second-order valence-electron chi connectivity index (χ2n) is 6.94. The summed E-state index contributed by atoms with van der Waals surface area (Å²) in [5.41, 5.74) is 3.20. The van der Waals surface area contributed by atoms with Crippen LogP contribution in [0.3, 0.4) is 0 Å². The van der Waals surface area contributed by atoms with E-state index in [0.29, 0.717) is 24.8 Å². The van der Waals surface area contributed by atoms with E-state index in [1.807, 2.05) is 67.6 Å². The number of anilines is 5. The van der Waals surface area contributed by atoms with Crippen molar-refractivity contribution in [3.63, 3.8) is 0 Å². The molecule has 8 heteroatoms. The lowest BCUT2D eigenvalue weighted by Gasteiger charge is -2.27. The Balaban J connectivity index is 1.38. The van der Waals surface area contributed by atoms with Crippen molar-refractivity contribution in [2.24, 2.45) is 0 Å². The molecule has 1 saturated heterocycles.